The van der Waals surface area contributed by atoms with Gasteiger partial charge in [-0.05, 0) is 25.1 Å². The van der Waals surface area contributed by atoms with Crippen molar-refractivity contribution >= 4 is 16.8 Å². The van der Waals surface area contributed by atoms with Gasteiger partial charge in [0.05, 0.1) is 0 Å². The molecule has 0 saturated heterocycles. The molecule has 2 aromatic rings. The first kappa shape index (κ1) is 12.2. The Morgan fingerprint density at radius 3 is 2.67 bits per heavy atom. The SMILES string of the molecule is Cc1ccc2c(C(N)=O)ccc(OC(F)F)c2n1. The minimum atomic E-state index is -2.95. The maximum Gasteiger partial charge on any atom is 0.387 e. The number of benzene rings is 1. The molecule has 0 saturated carbocycles. The lowest BCUT2D eigenvalue weighted by Crippen LogP contribution is -2.12. The molecule has 0 aliphatic rings. The number of ether oxygens (including phenoxy) is 1. The van der Waals surface area contributed by atoms with Crippen molar-refractivity contribution in [2.45, 2.75) is 13.5 Å². The average Bonchev–Trinajstić information content (AvgIpc) is 2.28. The highest BCUT2D eigenvalue weighted by molar-refractivity contribution is 6.06. The van der Waals surface area contributed by atoms with Crippen molar-refractivity contribution in [3.8, 4) is 5.75 Å². The minimum Gasteiger partial charge on any atom is -0.432 e. The van der Waals surface area contributed by atoms with Crippen LogP contribution in [0.5, 0.6) is 5.75 Å². The smallest absolute Gasteiger partial charge is 0.387 e. The Morgan fingerprint density at radius 2 is 2.06 bits per heavy atom. The maximum atomic E-state index is 12.3. The lowest BCUT2D eigenvalue weighted by molar-refractivity contribution is -0.0489. The quantitative estimate of drug-likeness (QED) is 0.911. The van der Waals surface area contributed by atoms with E-state index in [1.54, 1.807) is 19.1 Å². The van der Waals surface area contributed by atoms with Crippen molar-refractivity contribution in [2.24, 2.45) is 5.73 Å². The first-order valence-electron chi connectivity index (χ1n) is 5.14. The van der Waals surface area contributed by atoms with Crippen molar-refractivity contribution in [3.05, 3.63) is 35.5 Å². The number of nitrogens with two attached hydrogens (primary N) is 1. The van der Waals surface area contributed by atoms with Gasteiger partial charge >= 0.3 is 6.61 Å². The summed E-state index contributed by atoms with van der Waals surface area (Å²) in [5.41, 5.74) is 6.26. The van der Waals surface area contributed by atoms with E-state index in [4.69, 9.17) is 5.73 Å². The van der Waals surface area contributed by atoms with E-state index in [0.717, 1.165) is 0 Å². The third kappa shape index (κ3) is 2.22. The summed E-state index contributed by atoms with van der Waals surface area (Å²) < 4.78 is 28.9. The molecule has 0 aliphatic heterocycles. The van der Waals surface area contributed by atoms with Gasteiger partial charge in [-0.15, -0.1) is 0 Å². The van der Waals surface area contributed by atoms with Crippen molar-refractivity contribution in [3.63, 3.8) is 0 Å². The number of aryl methyl sites for hydroxylation is 1. The normalized spacial score (nSPS) is 10.9. The van der Waals surface area contributed by atoms with Gasteiger partial charge in [0.2, 0.25) is 5.91 Å². The molecule has 0 aliphatic carbocycles. The standard InChI is InChI=1S/C12H10F2N2O2/c1-6-2-3-7-8(11(15)17)4-5-9(10(7)16-6)18-12(13)14/h2-5,12H,1H3,(H2,15,17). The van der Waals surface area contributed by atoms with Gasteiger partial charge in [-0.1, -0.05) is 6.07 Å². The highest BCUT2D eigenvalue weighted by Crippen LogP contribution is 2.28. The number of carbonyl (C=O) groups excluding carboxylic acids is 1. The number of fused-ring (bicyclic) bond motifs is 1. The van der Waals surface area contributed by atoms with Crippen LogP contribution in [-0.2, 0) is 0 Å². The van der Waals surface area contributed by atoms with Gasteiger partial charge in [-0.25, -0.2) is 4.98 Å². The van der Waals surface area contributed by atoms with Crippen molar-refractivity contribution in [1.29, 1.82) is 0 Å². The molecule has 1 aromatic carbocycles. The van der Waals surface area contributed by atoms with Gasteiger partial charge < -0.3 is 10.5 Å². The fourth-order valence-electron chi connectivity index (χ4n) is 1.70. The molecule has 1 heterocycles. The van der Waals surface area contributed by atoms with E-state index in [1.165, 1.54) is 12.1 Å². The summed E-state index contributed by atoms with van der Waals surface area (Å²) in [5.74, 6) is -0.719. The minimum absolute atomic E-state index is 0.0753. The van der Waals surface area contributed by atoms with E-state index in [1.807, 2.05) is 0 Å². The lowest BCUT2D eigenvalue weighted by atomic mass is 10.1. The molecular formula is C12H10F2N2O2. The second-order valence-corrected chi connectivity index (χ2v) is 3.70. The number of halogens is 2. The number of alkyl halides is 2. The summed E-state index contributed by atoms with van der Waals surface area (Å²) in [6.45, 7) is -1.24. The van der Waals surface area contributed by atoms with E-state index in [9.17, 15) is 13.6 Å². The monoisotopic (exact) mass is 252 g/mol. The predicted octanol–water partition coefficient (Wildman–Crippen LogP) is 2.24. The molecule has 18 heavy (non-hydrogen) atoms. The van der Waals surface area contributed by atoms with Gasteiger partial charge in [-0.3, -0.25) is 4.79 Å². The molecule has 6 heteroatoms. The van der Waals surface area contributed by atoms with E-state index < -0.39 is 12.5 Å². The third-order valence-corrected chi connectivity index (χ3v) is 2.44. The number of primary amides is 1. The molecule has 0 unspecified atom stereocenters. The van der Waals surface area contributed by atoms with Crippen LogP contribution in [0.15, 0.2) is 24.3 Å². The molecule has 0 spiro atoms. The Morgan fingerprint density at radius 1 is 1.33 bits per heavy atom. The molecule has 4 nitrogen and oxygen atoms in total. The fourth-order valence-corrected chi connectivity index (χ4v) is 1.70. The molecule has 2 rings (SSSR count). The molecule has 2 N–H and O–H groups in total. The Balaban J connectivity index is 2.71. The van der Waals surface area contributed by atoms with Gasteiger partial charge in [0, 0.05) is 16.6 Å². The molecule has 0 fully saturated rings. The van der Waals surface area contributed by atoms with Gasteiger partial charge in [0.1, 0.15) is 5.52 Å². The van der Waals surface area contributed by atoms with Crippen molar-refractivity contribution in [2.75, 3.05) is 0 Å². The van der Waals surface area contributed by atoms with E-state index in [2.05, 4.69) is 9.72 Å². The number of carbonyl (C=O) groups is 1. The van der Waals surface area contributed by atoms with Gasteiger partial charge in [0.25, 0.3) is 0 Å². The maximum absolute atomic E-state index is 12.3. The number of hydrogen-bond acceptors (Lipinski definition) is 3. The van der Waals surface area contributed by atoms with Crippen LogP contribution >= 0.6 is 0 Å². The molecule has 0 bridgehead atoms. The number of rotatable bonds is 3. The van der Waals surface area contributed by atoms with E-state index in [-0.39, 0.29) is 16.8 Å². The first-order valence-corrected chi connectivity index (χ1v) is 5.14. The number of pyridine rings is 1. The highest BCUT2D eigenvalue weighted by Gasteiger charge is 2.14. The molecule has 1 amide bonds. The second kappa shape index (κ2) is 4.56. The van der Waals surface area contributed by atoms with Crippen LogP contribution in [0.3, 0.4) is 0 Å². The summed E-state index contributed by atoms with van der Waals surface area (Å²) in [5, 5.41) is 0.395. The number of aromatic nitrogens is 1. The summed E-state index contributed by atoms with van der Waals surface area (Å²) in [7, 11) is 0. The third-order valence-electron chi connectivity index (χ3n) is 2.44. The topological polar surface area (TPSA) is 65.2 Å². The van der Waals surface area contributed by atoms with E-state index in [0.29, 0.717) is 11.1 Å². The molecular weight excluding hydrogens is 242 g/mol. The van der Waals surface area contributed by atoms with Crippen LogP contribution in [-0.4, -0.2) is 17.5 Å². The van der Waals surface area contributed by atoms with Crippen LogP contribution in [0.2, 0.25) is 0 Å². The zero-order valence-corrected chi connectivity index (χ0v) is 9.48. The Kier molecular flexibility index (Phi) is 3.10. The predicted molar refractivity (Wildman–Crippen MR) is 61.6 cm³/mol. The summed E-state index contributed by atoms with van der Waals surface area (Å²) in [6.07, 6.45) is 0. The van der Waals surface area contributed by atoms with Gasteiger partial charge in [0.15, 0.2) is 5.75 Å². The Hall–Kier alpha value is -2.24. The number of hydrogen-bond donors (Lipinski definition) is 1. The van der Waals surface area contributed by atoms with E-state index >= 15 is 0 Å². The largest absolute Gasteiger partial charge is 0.432 e. The van der Waals surface area contributed by atoms with Crippen LogP contribution in [0.1, 0.15) is 16.1 Å². The van der Waals surface area contributed by atoms with Crippen LogP contribution < -0.4 is 10.5 Å². The summed E-state index contributed by atoms with van der Waals surface area (Å²) in [4.78, 5) is 15.3. The van der Waals surface area contributed by atoms with Crippen LogP contribution in [0.4, 0.5) is 8.78 Å². The summed E-state index contributed by atoms with van der Waals surface area (Å²) >= 11 is 0. The first-order chi connectivity index (χ1) is 8.49. The fraction of sp³-hybridized carbons (Fsp3) is 0.167. The zero-order chi connectivity index (χ0) is 13.3. The van der Waals surface area contributed by atoms with Crippen molar-refractivity contribution in [1.82, 2.24) is 4.98 Å². The second-order valence-electron chi connectivity index (χ2n) is 3.70. The number of amides is 1. The van der Waals surface area contributed by atoms with Crippen molar-refractivity contribution < 1.29 is 18.3 Å². The van der Waals surface area contributed by atoms with Gasteiger partial charge in [-0.2, -0.15) is 8.78 Å². The van der Waals surface area contributed by atoms with Crippen LogP contribution in [0, 0.1) is 6.92 Å². The Labute approximate surface area is 101 Å². The number of nitrogens with zero attached hydrogens (tertiary/aromatic N) is 1. The average molecular weight is 252 g/mol. The molecule has 94 valence electrons. The summed E-state index contributed by atoms with van der Waals surface area (Å²) in [6, 6.07) is 5.89. The highest BCUT2D eigenvalue weighted by atomic mass is 19.3. The lowest BCUT2D eigenvalue weighted by Gasteiger charge is -2.10. The zero-order valence-electron chi connectivity index (χ0n) is 9.48. The Bertz CT molecular complexity index is 614. The molecule has 1 aromatic heterocycles. The van der Waals surface area contributed by atoms with Crippen LogP contribution in [0.25, 0.3) is 10.9 Å². The molecule has 0 radical (unpaired) electrons. The molecule has 0 atom stereocenters.